The fraction of sp³-hybridized carbons (Fsp3) is 1.00. The SMILES string of the molecule is CCCCCCCCCCCCCCCCCCOC[C@@H]1CCC[C@H]1OP(=O)([O-])OCC[N+](C)(C)C. The third-order valence-electron chi connectivity index (χ3n) is 7.34. The number of phosphoric acid groups is 1. The summed E-state index contributed by atoms with van der Waals surface area (Å²) in [6.45, 7) is 4.39. The highest BCUT2D eigenvalue weighted by Crippen LogP contribution is 2.44. The Labute approximate surface area is 224 Å². The molecule has 6 nitrogen and oxygen atoms in total. The van der Waals surface area contributed by atoms with Crippen molar-refractivity contribution in [3.63, 3.8) is 0 Å². The lowest BCUT2D eigenvalue weighted by Gasteiger charge is -2.30. The minimum atomic E-state index is -4.26. The number of nitrogens with zero attached hydrogens (tertiary/aromatic N) is 1. The molecule has 1 fully saturated rings. The molecule has 0 N–H and O–H groups in total. The summed E-state index contributed by atoms with van der Waals surface area (Å²) >= 11 is 0. The van der Waals surface area contributed by atoms with Crippen LogP contribution in [0.2, 0.25) is 0 Å². The van der Waals surface area contributed by atoms with Crippen LogP contribution >= 0.6 is 7.82 Å². The van der Waals surface area contributed by atoms with Crippen LogP contribution in [-0.2, 0) is 18.3 Å². The molecule has 1 rings (SSSR count). The van der Waals surface area contributed by atoms with Crippen LogP contribution < -0.4 is 4.89 Å². The van der Waals surface area contributed by atoms with Crippen molar-refractivity contribution in [2.45, 2.75) is 135 Å². The van der Waals surface area contributed by atoms with Gasteiger partial charge in [-0.3, -0.25) is 4.57 Å². The van der Waals surface area contributed by atoms with Crippen molar-refractivity contribution in [1.82, 2.24) is 0 Å². The molecule has 1 saturated carbocycles. The van der Waals surface area contributed by atoms with Crippen LogP contribution in [0.3, 0.4) is 0 Å². The Kier molecular flexibility index (Phi) is 19.8. The van der Waals surface area contributed by atoms with Gasteiger partial charge in [0, 0.05) is 12.5 Å². The van der Waals surface area contributed by atoms with E-state index in [-0.39, 0.29) is 18.6 Å². The standard InChI is InChI=1S/C29H60NO5P/c1-5-6-7-8-9-10-11-12-13-14-15-16-17-18-19-20-25-33-27-28-22-21-23-29(28)35-36(31,32)34-26-24-30(2,3)4/h28-29H,5-27H2,1-4H3/t28-,29+/m0/s1. The van der Waals surface area contributed by atoms with Crippen molar-refractivity contribution in [3.8, 4) is 0 Å². The summed E-state index contributed by atoms with van der Waals surface area (Å²) < 4.78 is 29.2. The average molecular weight is 534 g/mol. The monoisotopic (exact) mass is 533 g/mol. The van der Waals surface area contributed by atoms with E-state index in [1.807, 2.05) is 21.1 Å². The van der Waals surface area contributed by atoms with E-state index < -0.39 is 7.82 Å². The first-order valence-corrected chi connectivity index (χ1v) is 16.7. The second-order valence-electron chi connectivity index (χ2n) is 12.0. The first kappa shape index (κ1) is 34.1. The molecule has 0 aliphatic heterocycles. The zero-order chi connectivity index (χ0) is 26.5. The topological polar surface area (TPSA) is 67.8 Å². The van der Waals surface area contributed by atoms with Crippen molar-refractivity contribution < 1.29 is 27.7 Å². The van der Waals surface area contributed by atoms with Crippen LogP contribution in [0.25, 0.3) is 0 Å². The summed E-state index contributed by atoms with van der Waals surface area (Å²) in [6, 6.07) is 0. The average Bonchev–Trinajstić information content (AvgIpc) is 3.23. The largest absolute Gasteiger partial charge is 0.756 e. The van der Waals surface area contributed by atoms with Crippen molar-refractivity contribution in [2.75, 3.05) is 47.5 Å². The van der Waals surface area contributed by atoms with Gasteiger partial charge >= 0.3 is 0 Å². The molecule has 0 heterocycles. The number of unbranched alkanes of at least 4 members (excludes halogenated alkanes) is 15. The van der Waals surface area contributed by atoms with E-state index in [1.165, 1.54) is 96.3 Å². The predicted molar refractivity (Wildman–Crippen MR) is 149 cm³/mol. The molecule has 0 aromatic rings. The Balaban J connectivity index is 1.92. The summed E-state index contributed by atoms with van der Waals surface area (Å²) in [5, 5.41) is 0. The fourth-order valence-corrected chi connectivity index (χ4v) is 5.92. The molecule has 36 heavy (non-hydrogen) atoms. The van der Waals surface area contributed by atoms with Gasteiger partial charge in [0.2, 0.25) is 0 Å². The van der Waals surface area contributed by atoms with Crippen molar-refractivity contribution in [3.05, 3.63) is 0 Å². The van der Waals surface area contributed by atoms with Crippen LogP contribution in [0, 0.1) is 5.92 Å². The molecule has 1 aliphatic carbocycles. The lowest BCUT2D eigenvalue weighted by molar-refractivity contribution is -0.870. The van der Waals surface area contributed by atoms with Gasteiger partial charge in [-0.25, -0.2) is 0 Å². The smallest absolute Gasteiger partial charge is 0.268 e. The maximum absolute atomic E-state index is 12.2. The van der Waals surface area contributed by atoms with Crippen LogP contribution in [-0.4, -0.2) is 58.1 Å². The highest BCUT2D eigenvalue weighted by Gasteiger charge is 2.31. The molecular weight excluding hydrogens is 473 g/mol. The number of quaternary nitrogens is 1. The van der Waals surface area contributed by atoms with Gasteiger partial charge < -0.3 is 23.2 Å². The molecule has 1 aliphatic rings. The minimum absolute atomic E-state index is 0.148. The molecule has 0 saturated heterocycles. The number of hydrogen-bond acceptors (Lipinski definition) is 5. The molecule has 0 aromatic carbocycles. The number of likely N-dealkylation sites (N-methyl/N-ethyl adjacent to an activating group) is 1. The molecule has 1 unspecified atom stereocenters. The molecule has 0 amide bonds. The lowest BCUT2D eigenvalue weighted by atomic mass is 10.0. The van der Waals surface area contributed by atoms with Crippen LogP contribution in [0.15, 0.2) is 0 Å². The second kappa shape index (κ2) is 20.9. The number of ether oxygens (including phenoxy) is 1. The summed E-state index contributed by atoms with van der Waals surface area (Å²) in [6.07, 6.45) is 24.3. The van der Waals surface area contributed by atoms with Gasteiger partial charge in [0.25, 0.3) is 7.82 Å². The van der Waals surface area contributed by atoms with E-state index in [0.29, 0.717) is 17.6 Å². The molecule has 7 heteroatoms. The van der Waals surface area contributed by atoms with Crippen LogP contribution in [0.5, 0.6) is 0 Å². The van der Waals surface area contributed by atoms with Crippen LogP contribution in [0.4, 0.5) is 0 Å². The molecule has 0 bridgehead atoms. The summed E-state index contributed by atoms with van der Waals surface area (Å²) in [5.41, 5.74) is 0. The normalized spacial score (nSPS) is 20.1. The van der Waals surface area contributed by atoms with Gasteiger partial charge in [-0.15, -0.1) is 0 Å². The van der Waals surface area contributed by atoms with Gasteiger partial charge in [0.1, 0.15) is 13.2 Å². The molecule has 0 radical (unpaired) electrons. The van der Waals surface area contributed by atoms with Gasteiger partial charge in [-0.1, -0.05) is 110 Å². The van der Waals surface area contributed by atoms with Crippen LogP contribution in [0.1, 0.15) is 129 Å². The Bertz CT molecular complexity index is 554. The van der Waals surface area contributed by atoms with E-state index in [9.17, 15) is 9.46 Å². The molecule has 3 atom stereocenters. The van der Waals surface area contributed by atoms with Gasteiger partial charge in [-0.05, 0) is 19.3 Å². The van der Waals surface area contributed by atoms with Crippen molar-refractivity contribution >= 4 is 7.82 Å². The zero-order valence-corrected chi connectivity index (χ0v) is 25.2. The zero-order valence-electron chi connectivity index (χ0n) is 24.4. The van der Waals surface area contributed by atoms with Crippen molar-refractivity contribution in [2.24, 2.45) is 5.92 Å². The van der Waals surface area contributed by atoms with Gasteiger partial charge in [0.15, 0.2) is 0 Å². The highest BCUT2D eigenvalue weighted by molar-refractivity contribution is 7.45. The lowest BCUT2D eigenvalue weighted by Crippen LogP contribution is -2.37. The number of hydrogen-bond donors (Lipinski definition) is 0. The third-order valence-corrected chi connectivity index (χ3v) is 8.37. The molecular formula is C29H60NO5P. The Hall–Kier alpha value is 0.0300. The van der Waals surface area contributed by atoms with Crippen molar-refractivity contribution in [1.29, 1.82) is 0 Å². The van der Waals surface area contributed by atoms with E-state index in [2.05, 4.69) is 6.92 Å². The predicted octanol–water partition coefficient (Wildman–Crippen LogP) is 7.64. The summed E-state index contributed by atoms with van der Waals surface area (Å²) in [7, 11) is 1.75. The van der Waals surface area contributed by atoms with E-state index >= 15 is 0 Å². The second-order valence-corrected chi connectivity index (χ2v) is 13.4. The Morgan fingerprint density at radius 2 is 1.25 bits per heavy atom. The Morgan fingerprint density at radius 1 is 0.750 bits per heavy atom. The maximum Gasteiger partial charge on any atom is 0.268 e. The molecule has 0 aromatic heterocycles. The quantitative estimate of drug-likeness (QED) is 0.0685. The summed E-state index contributed by atoms with van der Waals surface area (Å²) in [5.74, 6) is 0.148. The van der Waals surface area contributed by atoms with E-state index in [0.717, 1.165) is 32.3 Å². The van der Waals surface area contributed by atoms with Gasteiger partial charge in [0.05, 0.1) is 33.9 Å². The van der Waals surface area contributed by atoms with E-state index in [1.54, 1.807) is 0 Å². The molecule has 216 valence electrons. The summed E-state index contributed by atoms with van der Waals surface area (Å²) in [4.78, 5) is 12.2. The third kappa shape index (κ3) is 20.1. The first-order chi connectivity index (χ1) is 17.2. The minimum Gasteiger partial charge on any atom is -0.756 e. The highest BCUT2D eigenvalue weighted by atomic mass is 31.2. The first-order valence-electron chi connectivity index (χ1n) is 15.3. The Morgan fingerprint density at radius 3 is 1.75 bits per heavy atom. The number of rotatable bonds is 25. The van der Waals surface area contributed by atoms with Gasteiger partial charge in [-0.2, -0.15) is 0 Å². The fourth-order valence-electron chi connectivity index (χ4n) is 4.94. The number of phosphoric ester groups is 1. The molecule has 0 spiro atoms. The maximum atomic E-state index is 12.2. The van der Waals surface area contributed by atoms with E-state index in [4.69, 9.17) is 13.8 Å².